The molecule has 4 atom stereocenters. The van der Waals surface area contributed by atoms with Crippen molar-refractivity contribution in [2.45, 2.75) is 64.7 Å². The third-order valence-electron chi connectivity index (χ3n) is 4.53. The van der Waals surface area contributed by atoms with E-state index in [-0.39, 0.29) is 0 Å². The molecule has 1 aliphatic rings. The molecule has 0 aromatic carbocycles. The van der Waals surface area contributed by atoms with Gasteiger partial charge in [-0.2, -0.15) is 5.26 Å². The first-order valence-electron chi connectivity index (χ1n) is 7.45. The molecule has 1 saturated heterocycles. The minimum atomic E-state index is -0.413. The highest BCUT2D eigenvalue weighted by Crippen LogP contribution is 2.21. The number of likely N-dealkylation sites (N-methyl/N-ethyl adjacent to an activating group) is 1. The number of hydrogen-bond acceptors (Lipinski definition) is 4. The molecular formula is C15H30N4. The minimum Gasteiger partial charge on any atom is -0.300 e. The van der Waals surface area contributed by atoms with E-state index < -0.39 is 5.54 Å². The molecule has 1 N–H and O–H groups in total. The fourth-order valence-electron chi connectivity index (χ4n) is 3.07. The molecule has 0 saturated carbocycles. The molecule has 1 fully saturated rings. The predicted octanol–water partition coefficient (Wildman–Crippen LogP) is 1.68. The Hall–Kier alpha value is -0.630. The average Bonchev–Trinajstić information content (AvgIpc) is 2.35. The van der Waals surface area contributed by atoms with Crippen LogP contribution in [0.15, 0.2) is 0 Å². The Labute approximate surface area is 118 Å². The lowest BCUT2D eigenvalue weighted by atomic mass is 9.93. The van der Waals surface area contributed by atoms with Crippen molar-refractivity contribution in [3.05, 3.63) is 0 Å². The van der Waals surface area contributed by atoms with Gasteiger partial charge in [-0.3, -0.25) is 15.1 Å². The molecular weight excluding hydrogens is 236 g/mol. The van der Waals surface area contributed by atoms with Gasteiger partial charge in [0.1, 0.15) is 5.54 Å². The van der Waals surface area contributed by atoms with Gasteiger partial charge in [-0.15, -0.1) is 0 Å². The molecule has 0 aromatic rings. The van der Waals surface area contributed by atoms with E-state index in [2.05, 4.69) is 55.9 Å². The summed E-state index contributed by atoms with van der Waals surface area (Å²) in [6.45, 7) is 13.9. The van der Waals surface area contributed by atoms with Crippen LogP contribution < -0.4 is 5.32 Å². The Kier molecular flexibility index (Phi) is 5.79. The predicted molar refractivity (Wildman–Crippen MR) is 80.0 cm³/mol. The number of rotatable bonds is 5. The molecule has 4 nitrogen and oxygen atoms in total. The third-order valence-corrected chi connectivity index (χ3v) is 4.53. The van der Waals surface area contributed by atoms with E-state index in [1.165, 1.54) is 0 Å². The molecule has 0 spiro atoms. The maximum absolute atomic E-state index is 9.37. The highest BCUT2D eigenvalue weighted by molar-refractivity contribution is 5.05. The van der Waals surface area contributed by atoms with Gasteiger partial charge in [-0.25, -0.2) is 0 Å². The van der Waals surface area contributed by atoms with Gasteiger partial charge in [0.05, 0.1) is 6.07 Å². The maximum Gasteiger partial charge on any atom is 0.105 e. The molecule has 1 heterocycles. The van der Waals surface area contributed by atoms with Crippen molar-refractivity contribution in [1.29, 1.82) is 5.26 Å². The summed E-state index contributed by atoms with van der Waals surface area (Å²) in [7, 11) is 2.20. The lowest BCUT2D eigenvalue weighted by molar-refractivity contribution is 0.0314. The molecule has 1 aliphatic heterocycles. The number of hydrogen-bond donors (Lipinski definition) is 1. The molecule has 110 valence electrons. The van der Waals surface area contributed by atoms with Crippen molar-refractivity contribution in [2.24, 2.45) is 0 Å². The standard InChI is InChI=1S/C15H30N4/c1-7-17-15(5,11-16)8-12(2)19-9-13(3)18(6)14(4)10-19/h12-14,17H,7-10H2,1-6H3. The highest BCUT2D eigenvalue weighted by atomic mass is 15.3. The molecule has 4 heteroatoms. The highest BCUT2D eigenvalue weighted by Gasteiger charge is 2.33. The second-order valence-corrected chi connectivity index (χ2v) is 6.34. The van der Waals surface area contributed by atoms with E-state index in [9.17, 15) is 5.26 Å². The monoisotopic (exact) mass is 266 g/mol. The van der Waals surface area contributed by atoms with Crippen LogP contribution in [-0.4, -0.2) is 60.1 Å². The molecule has 4 unspecified atom stereocenters. The Morgan fingerprint density at radius 3 is 2.32 bits per heavy atom. The Bertz CT molecular complexity index is 313. The zero-order valence-corrected chi connectivity index (χ0v) is 13.4. The zero-order chi connectivity index (χ0) is 14.6. The summed E-state index contributed by atoms with van der Waals surface area (Å²) in [5.74, 6) is 0. The van der Waals surface area contributed by atoms with E-state index in [0.717, 1.165) is 26.1 Å². The van der Waals surface area contributed by atoms with Crippen LogP contribution in [0, 0.1) is 11.3 Å². The normalized spacial score (nSPS) is 30.6. The fourth-order valence-corrected chi connectivity index (χ4v) is 3.07. The number of nitrogens with one attached hydrogen (secondary N) is 1. The SMILES string of the molecule is CCNC(C)(C#N)CC(C)N1CC(C)N(C)C(C)C1. The van der Waals surface area contributed by atoms with E-state index in [4.69, 9.17) is 0 Å². The van der Waals surface area contributed by atoms with Crippen LogP contribution in [0.1, 0.15) is 41.0 Å². The summed E-state index contributed by atoms with van der Waals surface area (Å²) in [4.78, 5) is 4.97. The summed E-state index contributed by atoms with van der Waals surface area (Å²) >= 11 is 0. The van der Waals surface area contributed by atoms with Crippen LogP contribution >= 0.6 is 0 Å². The lowest BCUT2D eigenvalue weighted by Gasteiger charge is -2.45. The summed E-state index contributed by atoms with van der Waals surface area (Å²) < 4.78 is 0. The molecule has 0 aromatic heterocycles. The van der Waals surface area contributed by atoms with Crippen LogP contribution in [-0.2, 0) is 0 Å². The van der Waals surface area contributed by atoms with E-state index in [1.807, 2.05) is 6.92 Å². The Morgan fingerprint density at radius 1 is 1.37 bits per heavy atom. The summed E-state index contributed by atoms with van der Waals surface area (Å²) in [6, 6.07) is 4.03. The van der Waals surface area contributed by atoms with Crippen LogP contribution in [0.2, 0.25) is 0 Å². The summed E-state index contributed by atoms with van der Waals surface area (Å²) in [5, 5.41) is 12.7. The molecule has 0 bridgehead atoms. The van der Waals surface area contributed by atoms with E-state index in [1.54, 1.807) is 0 Å². The lowest BCUT2D eigenvalue weighted by Crippen LogP contribution is -2.58. The van der Waals surface area contributed by atoms with E-state index in [0.29, 0.717) is 18.1 Å². The third kappa shape index (κ3) is 4.17. The largest absolute Gasteiger partial charge is 0.300 e. The summed E-state index contributed by atoms with van der Waals surface area (Å²) in [6.07, 6.45) is 0.875. The average molecular weight is 266 g/mol. The van der Waals surface area contributed by atoms with Gasteiger partial charge in [-0.1, -0.05) is 6.92 Å². The smallest absolute Gasteiger partial charge is 0.105 e. The van der Waals surface area contributed by atoms with Crippen LogP contribution in [0.5, 0.6) is 0 Å². The molecule has 0 radical (unpaired) electrons. The van der Waals surface area contributed by atoms with Gasteiger partial charge in [0.15, 0.2) is 0 Å². The van der Waals surface area contributed by atoms with Crippen LogP contribution in [0.25, 0.3) is 0 Å². The Morgan fingerprint density at radius 2 is 1.89 bits per heavy atom. The van der Waals surface area contributed by atoms with Crippen LogP contribution in [0.3, 0.4) is 0 Å². The van der Waals surface area contributed by atoms with Gasteiger partial charge in [0.25, 0.3) is 0 Å². The fraction of sp³-hybridized carbons (Fsp3) is 0.933. The minimum absolute atomic E-state index is 0.413. The maximum atomic E-state index is 9.37. The van der Waals surface area contributed by atoms with E-state index >= 15 is 0 Å². The first kappa shape index (κ1) is 16.4. The van der Waals surface area contributed by atoms with Gasteiger partial charge >= 0.3 is 0 Å². The zero-order valence-electron chi connectivity index (χ0n) is 13.4. The number of nitrogens with zero attached hydrogens (tertiary/aromatic N) is 3. The second-order valence-electron chi connectivity index (χ2n) is 6.34. The summed E-state index contributed by atoms with van der Waals surface area (Å²) in [5.41, 5.74) is -0.413. The first-order chi connectivity index (χ1) is 8.83. The second kappa shape index (κ2) is 6.69. The first-order valence-corrected chi connectivity index (χ1v) is 7.45. The van der Waals surface area contributed by atoms with Gasteiger partial charge in [-0.05, 0) is 47.7 Å². The van der Waals surface area contributed by atoms with Crippen molar-refractivity contribution >= 4 is 0 Å². The molecule has 19 heavy (non-hydrogen) atoms. The quantitative estimate of drug-likeness (QED) is 0.822. The van der Waals surface area contributed by atoms with Crippen molar-refractivity contribution in [1.82, 2.24) is 15.1 Å². The van der Waals surface area contributed by atoms with Crippen molar-refractivity contribution in [2.75, 3.05) is 26.7 Å². The van der Waals surface area contributed by atoms with Gasteiger partial charge < -0.3 is 0 Å². The molecule has 0 amide bonds. The topological polar surface area (TPSA) is 42.3 Å². The number of nitriles is 1. The number of piperazine rings is 1. The van der Waals surface area contributed by atoms with Crippen molar-refractivity contribution < 1.29 is 0 Å². The van der Waals surface area contributed by atoms with Gasteiger partial charge in [0.2, 0.25) is 0 Å². The molecule has 1 rings (SSSR count). The Balaban J connectivity index is 2.63. The molecule has 0 aliphatic carbocycles. The van der Waals surface area contributed by atoms with Crippen LogP contribution in [0.4, 0.5) is 0 Å². The van der Waals surface area contributed by atoms with Gasteiger partial charge in [0, 0.05) is 31.2 Å². The van der Waals surface area contributed by atoms with Crippen molar-refractivity contribution in [3.63, 3.8) is 0 Å². The van der Waals surface area contributed by atoms with Crippen molar-refractivity contribution in [3.8, 4) is 6.07 Å².